The Morgan fingerprint density at radius 1 is 0.383 bits per heavy atom. The lowest BCUT2D eigenvalue weighted by Gasteiger charge is -2.39. The average molecular weight is 605 g/mol. The van der Waals surface area contributed by atoms with Crippen molar-refractivity contribution >= 4 is 12.2 Å². The van der Waals surface area contributed by atoms with E-state index in [0.29, 0.717) is 0 Å². The third-order valence-electron chi connectivity index (χ3n) is 10.4. The molecule has 2 aliphatic rings. The second kappa shape index (κ2) is 11.6. The van der Waals surface area contributed by atoms with E-state index in [1.165, 1.54) is 89.0 Å². The highest BCUT2D eigenvalue weighted by molar-refractivity contribution is 5.87. The molecule has 0 aliphatic heterocycles. The molecule has 0 saturated carbocycles. The van der Waals surface area contributed by atoms with Crippen LogP contribution in [0.15, 0.2) is 145 Å². The molecule has 0 spiro atoms. The van der Waals surface area contributed by atoms with E-state index in [9.17, 15) is 0 Å². The van der Waals surface area contributed by atoms with E-state index in [0.717, 1.165) is 12.8 Å². The minimum Gasteiger partial charge on any atom is -0.0613 e. The van der Waals surface area contributed by atoms with Crippen LogP contribution in [0.25, 0.3) is 34.4 Å². The number of benzene rings is 6. The first-order chi connectivity index (χ1) is 22.9. The van der Waals surface area contributed by atoms with E-state index in [2.05, 4.69) is 173 Å². The number of rotatable bonds is 6. The second-order valence-electron chi connectivity index (χ2n) is 13.7. The third kappa shape index (κ3) is 5.00. The molecule has 0 atom stereocenters. The summed E-state index contributed by atoms with van der Waals surface area (Å²) in [6.07, 6.45) is 6.90. The molecule has 0 amide bonds. The lowest BCUT2D eigenvalue weighted by atomic mass is 9.63. The van der Waals surface area contributed by atoms with Crippen molar-refractivity contribution in [3.8, 4) is 22.3 Å². The summed E-state index contributed by atoms with van der Waals surface area (Å²) in [6.45, 7) is 8.70. The number of hydrogen-bond acceptors (Lipinski definition) is 0. The molecule has 2 aliphatic carbocycles. The van der Waals surface area contributed by atoms with Crippen LogP contribution in [0.1, 0.15) is 55.6 Å². The zero-order chi connectivity index (χ0) is 32.1. The van der Waals surface area contributed by atoms with Gasteiger partial charge in [0.1, 0.15) is 0 Å². The summed E-state index contributed by atoms with van der Waals surface area (Å²) in [4.78, 5) is 0. The fraction of sp³-hybridized carbons (Fsp3) is 0.149. The molecule has 0 radical (unpaired) electrons. The van der Waals surface area contributed by atoms with Crippen LogP contribution in [-0.2, 0) is 18.3 Å². The van der Waals surface area contributed by atoms with E-state index < -0.39 is 5.41 Å². The average Bonchev–Trinajstić information content (AvgIpc) is 3.73. The maximum absolute atomic E-state index is 2.54. The van der Waals surface area contributed by atoms with Gasteiger partial charge in [-0.1, -0.05) is 168 Å². The fourth-order valence-electron chi connectivity index (χ4n) is 7.91. The van der Waals surface area contributed by atoms with Crippen molar-refractivity contribution in [1.29, 1.82) is 0 Å². The Bertz CT molecular complexity index is 2010. The molecular weight excluding hydrogens is 565 g/mol. The largest absolute Gasteiger partial charge is 0.0634 e. The first-order valence-corrected chi connectivity index (χ1v) is 16.8. The molecule has 0 saturated heterocycles. The lowest BCUT2D eigenvalue weighted by molar-refractivity contribution is 0.684. The SMILES string of the molecule is Cc1ccc(-c2cccc3c2C=C(C(C2=Cc4c(cccc4-c4ccc(C)cc4)C2)(c2ccc(C)cc2)c2ccc(C)cc2)C3)cc1. The van der Waals surface area contributed by atoms with Crippen molar-refractivity contribution in [2.24, 2.45) is 0 Å². The van der Waals surface area contributed by atoms with Crippen LogP contribution >= 0.6 is 0 Å². The van der Waals surface area contributed by atoms with Gasteiger partial charge in [-0.3, -0.25) is 0 Å². The van der Waals surface area contributed by atoms with E-state index in [1.807, 2.05) is 0 Å². The monoisotopic (exact) mass is 604 g/mol. The molecule has 0 unspecified atom stereocenters. The van der Waals surface area contributed by atoms with Crippen molar-refractivity contribution in [2.45, 2.75) is 46.0 Å². The molecule has 6 aromatic rings. The molecule has 228 valence electrons. The molecule has 0 N–H and O–H groups in total. The van der Waals surface area contributed by atoms with Gasteiger partial charge in [0.15, 0.2) is 0 Å². The van der Waals surface area contributed by atoms with E-state index in [1.54, 1.807) is 0 Å². The summed E-state index contributed by atoms with van der Waals surface area (Å²) in [5.41, 5.74) is 20.9. The Labute approximate surface area is 279 Å². The molecule has 0 heterocycles. The van der Waals surface area contributed by atoms with Crippen molar-refractivity contribution in [2.75, 3.05) is 0 Å². The molecular formula is C47H40. The summed E-state index contributed by atoms with van der Waals surface area (Å²) in [6, 6.07) is 50.4. The molecule has 0 aromatic heterocycles. The number of fused-ring (bicyclic) bond motifs is 2. The van der Waals surface area contributed by atoms with Crippen LogP contribution in [0.3, 0.4) is 0 Å². The minimum atomic E-state index is -0.422. The maximum atomic E-state index is 2.54. The van der Waals surface area contributed by atoms with E-state index in [4.69, 9.17) is 0 Å². The van der Waals surface area contributed by atoms with Crippen molar-refractivity contribution in [3.63, 3.8) is 0 Å². The molecule has 0 heteroatoms. The standard InChI is InChI=1S/C47H40/c1-31-11-19-35(20-12-31)43-9-5-7-37-27-41(29-45(37)43)47(39-23-15-33(3)16-24-39,40-25-17-34(4)18-26-40)42-28-38-8-6-10-44(46(38)30-42)36-21-13-32(2)14-22-36/h5-26,29-30H,27-28H2,1-4H3. The van der Waals surface area contributed by atoms with Gasteiger partial charge < -0.3 is 0 Å². The second-order valence-corrected chi connectivity index (χ2v) is 13.7. The highest BCUT2D eigenvalue weighted by Gasteiger charge is 2.44. The highest BCUT2D eigenvalue weighted by atomic mass is 14.5. The fourth-order valence-corrected chi connectivity index (χ4v) is 7.91. The highest BCUT2D eigenvalue weighted by Crippen LogP contribution is 2.54. The maximum Gasteiger partial charge on any atom is 0.0634 e. The summed E-state index contributed by atoms with van der Waals surface area (Å²) in [5, 5.41) is 0. The molecule has 0 fully saturated rings. The quantitative estimate of drug-likeness (QED) is 0.177. The van der Waals surface area contributed by atoms with Crippen LogP contribution in [-0.4, -0.2) is 0 Å². The first-order valence-electron chi connectivity index (χ1n) is 16.8. The number of hydrogen-bond donors (Lipinski definition) is 0. The van der Waals surface area contributed by atoms with Crippen molar-refractivity contribution in [1.82, 2.24) is 0 Å². The molecule has 0 nitrogen and oxygen atoms in total. The molecule has 0 bridgehead atoms. The van der Waals surface area contributed by atoms with Crippen molar-refractivity contribution < 1.29 is 0 Å². The van der Waals surface area contributed by atoms with Gasteiger partial charge in [-0.15, -0.1) is 0 Å². The van der Waals surface area contributed by atoms with Crippen LogP contribution in [0.5, 0.6) is 0 Å². The summed E-state index contributed by atoms with van der Waals surface area (Å²) >= 11 is 0. The Balaban J connectivity index is 1.39. The Morgan fingerprint density at radius 2 is 0.723 bits per heavy atom. The molecule has 47 heavy (non-hydrogen) atoms. The zero-order valence-electron chi connectivity index (χ0n) is 27.8. The molecule has 6 aromatic carbocycles. The van der Waals surface area contributed by atoms with Crippen LogP contribution in [0, 0.1) is 27.7 Å². The van der Waals surface area contributed by atoms with Gasteiger partial charge >= 0.3 is 0 Å². The van der Waals surface area contributed by atoms with E-state index >= 15 is 0 Å². The van der Waals surface area contributed by atoms with Gasteiger partial charge in [-0.25, -0.2) is 0 Å². The number of aryl methyl sites for hydroxylation is 4. The molecule has 8 rings (SSSR count). The van der Waals surface area contributed by atoms with Crippen LogP contribution < -0.4 is 0 Å². The van der Waals surface area contributed by atoms with Gasteiger partial charge in [0, 0.05) is 0 Å². The van der Waals surface area contributed by atoms with Gasteiger partial charge in [-0.2, -0.15) is 0 Å². The van der Waals surface area contributed by atoms with Crippen LogP contribution in [0.4, 0.5) is 0 Å². The lowest BCUT2D eigenvalue weighted by Crippen LogP contribution is -2.33. The van der Waals surface area contributed by atoms with Gasteiger partial charge in [0.2, 0.25) is 0 Å². The predicted molar refractivity (Wildman–Crippen MR) is 200 cm³/mol. The topological polar surface area (TPSA) is 0 Å². The minimum absolute atomic E-state index is 0.422. The summed E-state index contributed by atoms with van der Waals surface area (Å²) in [7, 11) is 0. The van der Waals surface area contributed by atoms with Gasteiger partial charge in [-0.05, 0) is 107 Å². The first kappa shape index (κ1) is 29.2. The normalized spacial score (nSPS) is 13.6. The van der Waals surface area contributed by atoms with Crippen molar-refractivity contribution in [3.05, 3.63) is 200 Å². The summed E-state index contributed by atoms with van der Waals surface area (Å²) < 4.78 is 0. The predicted octanol–water partition coefficient (Wildman–Crippen LogP) is 11.8. The van der Waals surface area contributed by atoms with Gasteiger partial charge in [0.05, 0.1) is 5.41 Å². The van der Waals surface area contributed by atoms with Crippen LogP contribution in [0.2, 0.25) is 0 Å². The smallest absolute Gasteiger partial charge is 0.0613 e. The summed E-state index contributed by atoms with van der Waals surface area (Å²) in [5.74, 6) is 0. The Kier molecular flexibility index (Phi) is 7.18. The Hall–Kier alpha value is -5.20. The zero-order valence-corrected chi connectivity index (χ0v) is 27.8. The van der Waals surface area contributed by atoms with Gasteiger partial charge in [0.25, 0.3) is 0 Å². The van der Waals surface area contributed by atoms with E-state index in [-0.39, 0.29) is 0 Å². The Morgan fingerprint density at radius 3 is 1.09 bits per heavy atom. The third-order valence-corrected chi connectivity index (χ3v) is 10.4. The number of allylic oxidation sites excluding steroid dienone is 2.